The zero-order valence-corrected chi connectivity index (χ0v) is 9.65. The third-order valence-electron chi connectivity index (χ3n) is 2.16. The summed E-state index contributed by atoms with van der Waals surface area (Å²) in [4.78, 5) is 38.5. The SMILES string of the molecule is CC1=CC(=O)N(c2nc(CC(=O)O)cs2)C1=O. The molecule has 0 atom stereocenters. The standard InChI is InChI=1S/C10H8N2O4S/c1-5-2-7(13)12(9(5)16)10-11-6(4-17-10)3-8(14)15/h2,4H,3H2,1H3,(H,14,15). The Morgan fingerprint density at radius 3 is 2.76 bits per heavy atom. The molecule has 0 bridgehead atoms. The third kappa shape index (κ3) is 2.09. The van der Waals surface area contributed by atoms with Gasteiger partial charge in [-0.15, -0.1) is 11.3 Å². The summed E-state index contributed by atoms with van der Waals surface area (Å²) in [5.74, 6) is -1.86. The molecule has 1 N–H and O–H groups in total. The van der Waals surface area contributed by atoms with Gasteiger partial charge in [0.15, 0.2) is 5.13 Å². The number of rotatable bonds is 3. The second-order valence-corrected chi connectivity index (χ2v) is 4.33. The van der Waals surface area contributed by atoms with Crippen molar-refractivity contribution in [3.05, 3.63) is 22.7 Å². The van der Waals surface area contributed by atoms with Gasteiger partial charge in [-0.1, -0.05) is 0 Å². The average Bonchev–Trinajstić information content (AvgIpc) is 2.73. The van der Waals surface area contributed by atoms with E-state index in [1.165, 1.54) is 11.5 Å². The third-order valence-corrected chi connectivity index (χ3v) is 3.04. The summed E-state index contributed by atoms with van der Waals surface area (Å²) in [6, 6.07) is 0. The molecule has 0 radical (unpaired) electrons. The van der Waals surface area contributed by atoms with Crippen LogP contribution in [0, 0.1) is 0 Å². The number of aliphatic carboxylic acids is 1. The van der Waals surface area contributed by atoms with Gasteiger partial charge in [-0.05, 0) is 6.92 Å². The molecule has 1 aromatic rings. The molecule has 0 saturated heterocycles. The van der Waals surface area contributed by atoms with Crippen LogP contribution in [-0.4, -0.2) is 27.9 Å². The molecule has 0 aromatic carbocycles. The van der Waals surface area contributed by atoms with E-state index in [2.05, 4.69) is 4.98 Å². The first-order valence-electron chi connectivity index (χ1n) is 4.72. The number of aromatic nitrogens is 1. The van der Waals surface area contributed by atoms with Gasteiger partial charge in [0.2, 0.25) is 0 Å². The molecule has 0 spiro atoms. The second kappa shape index (κ2) is 4.10. The number of hydrogen-bond donors (Lipinski definition) is 1. The summed E-state index contributed by atoms with van der Waals surface area (Å²) in [6.07, 6.45) is 1.01. The summed E-state index contributed by atoms with van der Waals surface area (Å²) in [5, 5.41) is 10.3. The Bertz CT molecular complexity index is 546. The molecule has 6 nitrogen and oxygen atoms in total. The van der Waals surface area contributed by atoms with Gasteiger partial charge in [-0.25, -0.2) is 9.88 Å². The zero-order chi connectivity index (χ0) is 12.6. The molecule has 1 aliphatic rings. The van der Waals surface area contributed by atoms with Gasteiger partial charge in [0, 0.05) is 17.0 Å². The number of carbonyl (C=O) groups excluding carboxylic acids is 2. The van der Waals surface area contributed by atoms with Crippen LogP contribution in [0.2, 0.25) is 0 Å². The molecule has 2 heterocycles. The topological polar surface area (TPSA) is 87.6 Å². The fourth-order valence-corrected chi connectivity index (χ4v) is 2.23. The second-order valence-electron chi connectivity index (χ2n) is 3.50. The largest absolute Gasteiger partial charge is 0.481 e. The highest BCUT2D eigenvalue weighted by Gasteiger charge is 2.31. The van der Waals surface area contributed by atoms with E-state index >= 15 is 0 Å². The monoisotopic (exact) mass is 252 g/mol. The van der Waals surface area contributed by atoms with Crippen LogP contribution in [0.5, 0.6) is 0 Å². The van der Waals surface area contributed by atoms with Gasteiger partial charge in [0.1, 0.15) is 0 Å². The highest BCUT2D eigenvalue weighted by atomic mass is 32.1. The number of imide groups is 1. The first-order chi connectivity index (χ1) is 7.99. The van der Waals surface area contributed by atoms with Crippen LogP contribution in [0.3, 0.4) is 0 Å². The van der Waals surface area contributed by atoms with Crippen molar-refractivity contribution < 1.29 is 19.5 Å². The highest BCUT2D eigenvalue weighted by Crippen LogP contribution is 2.26. The van der Waals surface area contributed by atoms with E-state index in [0.717, 1.165) is 16.2 Å². The van der Waals surface area contributed by atoms with Crippen molar-refractivity contribution in [1.82, 2.24) is 4.98 Å². The van der Waals surface area contributed by atoms with E-state index in [4.69, 9.17) is 5.11 Å². The maximum atomic E-state index is 11.6. The predicted octanol–water partition coefficient (Wildman–Crippen LogP) is 0.590. The molecule has 0 aliphatic carbocycles. The normalized spacial score (nSPS) is 15.4. The van der Waals surface area contributed by atoms with E-state index in [1.54, 1.807) is 6.92 Å². The van der Waals surface area contributed by atoms with Crippen molar-refractivity contribution in [3.8, 4) is 0 Å². The predicted molar refractivity (Wildman–Crippen MR) is 59.7 cm³/mol. The molecule has 0 saturated carbocycles. The lowest BCUT2D eigenvalue weighted by Crippen LogP contribution is -2.30. The van der Waals surface area contributed by atoms with Crippen molar-refractivity contribution in [2.45, 2.75) is 13.3 Å². The van der Waals surface area contributed by atoms with Crippen molar-refractivity contribution >= 4 is 34.3 Å². The number of thiazole rings is 1. The molecule has 7 heteroatoms. The summed E-state index contributed by atoms with van der Waals surface area (Å²) < 4.78 is 0. The number of anilines is 1. The van der Waals surface area contributed by atoms with E-state index < -0.39 is 17.8 Å². The maximum absolute atomic E-state index is 11.6. The molecular weight excluding hydrogens is 244 g/mol. The Labute approximate surface area is 100 Å². The fourth-order valence-electron chi connectivity index (χ4n) is 1.40. The first-order valence-corrected chi connectivity index (χ1v) is 5.60. The minimum Gasteiger partial charge on any atom is -0.481 e. The lowest BCUT2D eigenvalue weighted by atomic mass is 10.3. The molecule has 88 valence electrons. The van der Waals surface area contributed by atoms with E-state index in [-0.39, 0.29) is 11.6 Å². The quantitative estimate of drug-likeness (QED) is 0.795. The molecule has 17 heavy (non-hydrogen) atoms. The number of hydrogen-bond acceptors (Lipinski definition) is 5. The Kier molecular flexibility index (Phi) is 2.76. The van der Waals surface area contributed by atoms with Gasteiger partial charge in [-0.3, -0.25) is 14.4 Å². The van der Waals surface area contributed by atoms with Crippen LogP contribution >= 0.6 is 11.3 Å². The van der Waals surface area contributed by atoms with Crippen LogP contribution in [0.4, 0.5) is 5.13 Å². The molecule has 0 fully saturated rings. The molecule has 0 unspecified atom stereocenters. The number of nitrogens with zero attached hydrogens (tertiary/aromatic N) is 2. The van der Waals surface area contributed by atoms with Crippen LogP contribution in [0.15, 0.2) is 17.0 Å². The summed E-state index contributed by atoms with van der Waals surface area (Å²) in [7, 11) is 0. The zero-order valence-electron chi connectivity index (χ0n) is 8.84. The van der Waals surface area contributed by atoms with Crippen molar-refractivity contribution in [3.63, 3.8) is 0 Å². The minimum atomic E-state index is -1.00. The average molecular weight is 252 g/mol. The van der Waals surface area contributed by atoms with Crippen molar-refractivity contribution in [2.24, 2.45) is 0 Å². The Hall–Kier alpha value is -2.02. The first kappa shape index (κ1) is 11.5. The molecule has 1 aliphatic heterocycles. The Balaban J connectivity index is 2.24. The molecule has 2 rings (SSSR count). The van der Waals surface area contributed by atoms with Crippen molar-refractivity contribution in [1.29, 1.82) is 0 Å². The summed E-state index contributed by atoms with van der Waals surface area (Å²) >= 11 is 1.07. The fraction of sp³-hybridized carbons (Fsp3) is 0.200. The van der Waals surface area contributed by atoms with Gasteiger partial charge < -0.3 is 5.11 Å². The lowest BCUT2D eigenvalue weighted by Gasteiger charge is -2.09. The van der Waals surface area contributed by atoms with Gasteiger partial charge in [0.25, 0.3) is 11.8 Å². The van der Waals surface area contributed by atoms with Crippen LogP contribution < -0.4 is 4.90 Å². The number of carbonyl (C=O) groups is 3. The molecule has 2 amide bonds. The Morgan fingerprint density at radius 1 is 1.53 bits per heavy atom. The van der Waals surface area contributed by atoms with E-state index in [1.807, 2.05) is 0 Å². The van der Waals surface area contributed by atoms with E-state index in [9.17, 15) is 14.4 Å². The van der Waals surface area contributed by atoms with Crippen LogP contribution in [-0.2, 0) is 20.8 Å². The summed E-state index contributed by atoms with van der Waals surface area (Å²) in [6.45, 7) is 1.55. The van der Waals surface area contributed by atoms with Crippen LogP contribution in [0.25, 0.3) is 0 Å². The number of amides is 2. The van der Waals surface area contributed by atoms with Gasteiger partial charge in [0.05, 0.1) is 12.1 Å². The molecule has 1 aromatic heterocycles. The van der Waals surface area contributed by atoms with Gasteiger partial charge in [-0.2, -0.15) is 0 Å². The molecular formula is C10H8N2O4S. The highest BCUT2D eigenvalue weighted by molar-refractivity contribution is 7.14. The van der Waals surface area contributed by atoms with Gasteiger partial charge >= 0.3 is 5.97 Å². The number of carboxylic acid groups (broad SMARTS) is 1. The van der Waals surface area contributed by atoms with E-state index in [0.29, 0.717) is 11.3 Å². The Morgan fingerprint density at radius 2 is 2.24 bits per heavy atom. The lowest BCUT2D eigenvalue weighted by molar-refractivity contribution is -0.136. The van der Waals surface area contributed by atoms with Crippen LogP contribution in [0.1, 0.15) is 12.6 Å². The smallest absolute Gasteiger partial charge is 0.309 e. The maximum Gasteiger partial charge on any atom is 0.309 e. The van der Waals surface area contributed by atoms with Crippen molar-refractivity contribution in [2.75, 3.05) is 4.90 Å². The number of carboxylic acids is 1. The minimum absolute atomic E-state index is 0.212. The summed E-state index contributed by atoms with van der Waals surface area (Å²) in [5.41, 5.74) is 0.688.